The number of para-hydroxylation sites is 1. The van der Waals surface area contributed by atoms with Gasteiger partial charge in [-0.3, -0.25) is 14.3 Å². The summed E-state index contributed by atoms with van der Waals surface area (Å²) in [5.41, 5.74) is 2.64. The fraction of sp³-hybridized carbons (Fsp3) is 0.0455. The summed E-state index contributed by atoms with van der Waals surface area (Å²) < 4.78 is 1.57. The predicted molar refractivity (Wildman–Crippen MR) is 115 cm³/mol. The first-order chi connectivity index (χ1) is 13.5. The number of hydrogen-bond donors (Lipinski definition) is 0. The van der Waals surface area contributed by atoms with Crippen LogP contribution in [0.15, 0.2) is 65.6 Å². The van der Waals surface area contributed by atoms with Crippen molar-refractivity contribution in [3.63, 3.8) is 0 Å². The predicted octanol–water partition coefficient (Wildman–Crippen LogP) is 5.57. The third-order valence-electron chi connectivity index (χ3n) is 4.36. The fourth-order valence-electron chi connectivity index (χ4n) is 3.03. The van der Waals surface area contributed by atoms with Crippen LogP contribution in [0.25, 0.3) is 28.7 Å². The molecule has 6 heteroatoms. The van der Waals surface area contributed by atoms with Crippen molar-refractivity contribution < 1.29 is 0 Å². The molecule has 0 saturated carbocycles. The molecule has 4 aromatic rings. The number of aryl methyl sites for hydroxylation is 1. The van der Waals surface area contributed by atoms with Crippen LogP contribution in [0.5, 0.6) is 0 Å². The summed E-state index contributed by atoms with van der Waals surface area (Å²) in [6.45, 7) is 1.95. The number of fused-ring (bicyclic) bond motifs is 1. The third kappa shape index (κ3) is 3.44. The molecular weight excluding hydrogens is 393 g/mol. The summed E-state index contributed by atoms with van der Waals surface area (Å²) >= 11 is 12.4. The van der Waals surface area contributed by atoms with Crippen molar-refractivity contribution in [3.05, 3.63) is 98.3 Å². The van der Waals surface area contributed by atoms with E-state index in [2.05, 4.69) is 9.97 Å². The van der Waals surface area contributed by atoms with Crippen LogP contribution in [0.1, 0.15) is 17.1 Å². The van der Waals surface area contributed by atoms with Gasteiger partial charge in [0.1, 0.15) is 5.82 Å². The van der Waals surface area contributed by atoms with Crippen molar-refractivity contribution >= 4 is 46.3 Å². The number of benzene rings is 2. The zero-order chi connectivity index (χ0) is 19.7. The molecule has 2 aromatic heterocycles. The summed E-state index contributed by atoms with van der Waals surface area (Å²) in [7, 11) is 0. The Morgan fingerprint density at radius 3 is 2.54 bits per heavy atom. The lowest BCUT2D eigenvalue weighted by molar-refractivity contribution is 0.934. The molecule has 0 radical (unpaired) electrons. The number of rotatable bonds is 3. The summed E-state index contributed by atoms with van der Waals surface area (Å²) in [5, 5.41) is 1.10. The van der Waals surface area contributed by atoms with Crippen molar-refractivity contribution in [2.45, 2.75) is 6.92 Å². The van der Waals surface area contributed by atoms with Gasteiger partial charge in [-0.05, 0) is 55.0 Å². The lowest BCUT2D eigenvalue weighted by Crippen LogP contribution is -2.23. The molecule has 28 heavy (non-hydrogen) atoms. The second-order valence-electron chi connectivity index (χ2n) is 6.27. The molecule has 2 aromatic carbocycles. The highest BCUT2D eigenvalue weighted by Crippen LogP contribution is 2.26. The van der Waals surface area contributed by atoms with Gasteiger partial charge in [0.15, 0.2) is 0 Å². The number of pyridine rings is 1. The molecule has 4 rings (SSSR count). The van der Waals surface area contributed by atoms with E-state index < -0.39 is 0 Å². The Hall–Kier alpha value is -2.95. The van der Waals surface area contributed by atoms with Crippen molar-refractivity contribution in [1.29, 1.82) is 0 Å². The number of aromatic nitrogens is 3. The van der Waals surface area contributed by atoms with Gasteiger partial charge >= 0.3 is 0 Å². The number of nitrogens with zero attached hydrogens (tertiary/aromatic N) is 3. The molecule has 0 atom stereocenters. The molecule has 4 nitrogen and oxygen atoms in total. The van der Waals surface area contributed by atoms with E-state index in [1.807, 2.05) is 55.5 Å². The first kappa shape index (κ1) is 18.4. The molecule has 0 amide bonds. The Labute approximate surface area is 171 Å². The van der Waals surface area contributed by atoms with Gasteiger partial charge in [-0.2, -0.15) is 0 Å². The minimum Gasteiger partial charge on any atom is -0.268 e. The van der Waals surface area contributed by atoms with Gasteiger partial charge in [0, 0.05) is 11.2 Å². The van der Waals surface area contributed by atoms with Gasteiger partial charge in [0.2, 0.25) is 0 Å². The first-order valence-corrected chi connectivity index (χ1v) is 9.37. The van der Waals surface area contributed by atoms with Crippen LogP contribution < -0.4 is 5.56 Å². The van der Waals surface area contributed by atoms with Gasteiger partial charge in [-0.15, -0.1) is 0 Å². The topological polar surface area (TPSA) is 47.8 Å². The molecule has 0 aliphatic rings. The lowest BCUT2D eigenvalue weighted by Gasteiger charge is -2.14. The van der Waals surface area contributed by atoms with E-state index in [0.29, 0.717) is 26.8 Å². The quantitative estimate of drug-likeness (QED) is 0.446. The standard InChI is InChI=1S/C22H15Cl2N3O/c1-14-6-2-3-8-19(14)27-20(10-9-16-7-4-5-11-25-16)26-21-17(22(27)28)12-15(23)13-18(21)24/h2-13H,1H3/b10-9+. The second kappa shape index (κ2) is 7.58. The van der Waals surface area contributed by atoms with Crippen LogP contribution in [-0.2, 0) is 0 Å². The van der Waals surface area contributed by atoms with Crippen LogP contribution in [0.2, 0.25) is 10.0 Å². The number of hydrogen-bond acceptors (Lipinski definition) is 3. The average Bonchev–Trinajstić information content (AvgIpc) is 2.69. The fourth-order valence-corrected chi connectivity index (χ4v) is 3.56. The van der Waals surface area contributed by atoms with E-state index in [9.17, 15) is 4.79 Å². The summed E-state index contributed by atoms with van der Waals surface area (Å²) in [6, 6.07) is 16.4. The van der Waals surface area contributed by atoms with Crippen molar-refractivity contribution in [2.75, 3.05) is 0 Å². The molecule has 0 aliphatic carbocycles. The van der Waals surface area contributed by atoms with Crippen LogP contribution in [0, 0.1) is 6.92 Å². The Kier molecular flexibility index (Phi) is 4.99. The molecule has 0 bridgehead atoms. The van der Waals surface area contributed by atoms with Gasteiger partial charge in [-0.1, -0.05) is 47.5 Å². The monoisotopic (exact) mass is 407 g/mol. The highest BCUT2D eigenvalue weighted by atomic mass is 35.5. The second-order valence-corrected chi connectivity index (χ2v) is 7.11. The molecule has 0 N–H and O–H groups in total. The van der Waals surface area contributed by atoms with Crippen LogP contribution >= 0.6 is 23.2 Å². The normalized spacial score (nSPS) is 11.4. The van der Waals surface area contributed by atoms with Gasteiger partial charge < -0.3 is 0 Å². The smallest absolute Gasteiger partial charge is 0.266 e. The zero-order valence-electron chi connectivity index (χ0n) is 14.9. The Morgan fingerprint density at radius 2 is 1.79 bits per heavy atom. The molecule has 0 spiro atoms. The minimum atomic E-state index is -0.232. The summed E-state index contributed by atoms with van der Waals surface area (Å²) in [5.74, 6) is 0.460. The van der Waals surface area contributed by atoms with Crippen molar-refractivity contribution in [3.8, 4) is 5.69 Å². The Bertz CT molecular complexity index is 1260. The van der Waals surface area contributed by atoms with E-state index in [-0.39, 0.29) is 5.56 Å². The molecule has 0 saturated heterocycles. The molecule has 138 valence electrons. The van der Waals surface area contributed by atoms with Crippen LogP contribution in [0.3, 0.4) is 0 Å². The minimum absolute atomic E-state index is 0.232. The van der Waals surface area contributed by atoms with Crippen LogP contribution in [0.4, 0.5) is 0 Å². The van der Waals surface area contributed by atoms with E-state index >= 15 is 0 Å². The van der Waals surface area contributed by atoms with Gasteiger partial charge in [0.25, 0.3) is 5.56 Å². The Balaban J connectivity index is 2.04. The van der Waals surface area contributed by atoms with Gasteiger partial charge in [0.05, 0.1) is 27.3 Å². The third-order valence-corrected chi connectivity index (χ3v) is 4.87. The van der Waals surface area contributed by atoms with E-state index in [0.717, 1.165) is 16.9 Å². The maximum atomic E-state index is 13.4. The van der Waals surface area contributed by atoms with Crippen molar-refractivity contribution in [2.24, 2.45) is 0 Å². The summed E-state index contributed by atoms with van der Waals surface area (Å²) in [4.78, 5) is 22.3. The van der Waals surface area contributed by atoms with E-state index in [1.54, 1.807) is 29.0 Å². The maximum Gasteiger partial charge on any atom is 0.266 e. The molecule has 0 unspecified atom stereocenters. The number of halogens is 2. The molecular formula is C22H15Cl2N3O. The molecule has 0 aliphatic heterocycles. The summed E-state index contributed by atoms with van der Waals surface area (Å²) in [6.07, 6.45) is 5.29. The highest BCUT2D eigenvalue weighted by Gasteiger charge is 2.15. The van der Waals surface area contributed by atoms with E-state index in [4.69, 9.17) is 23.2 Å². The van der Waals surface area contributed by atoms with Gasteiger partial charge in [-0.25, -0.2) is 4.98 Å². The first-order valence-electron chi connectivity index (χ1n) is 8.61. The largest absolute Gasteiger partial charge is 0.268 e. The average molecular weight is 408 g/mol. The lowest BCUT2D eigenvalue weighted by atomic mass is 10.1. The van der Waals surface area contributed by atoms with E-state index in [1.165, 1.54) is 0 Å². The highest BCUT2D eigenvalue weighted by molar-refractivity contribution is 6.38. The van der Waals surface area contributed by atoms with Crippen LogP contribution in [-0.4, -0.2) is 14.5 Å². The zero-order valence-corrected chi connectivity index (χ0v) is 16.4. The van der Waals surface area contributed by atoms with Crippen molar-refractivity contribution in [1.82, 2.24) is 14.5 Å². The molecule has 2 heterocycles. The molecule has 0 fully saturated rings. The SMILES string of the molecule is Cc1ccccc1-n1c(/C=C/c2ccccn2)nc2c(Cl)cc(Cl)cc2c1=O. The Morgan fingerprint density at radius 1 is 1.00 bits per heavy atom. The maximum absolute atomic E-state index is 13.4.